The molecule has 0 saturated heterocycles. The summed E-state index contributed by atoms with van der Waals surface area (Å²) in [5.41, 5.74) is 4.21. The monoisotopic (exact) mass is 469 g/mol. The van der Waals surface area contributed by atoms with Gasteiger partial charge in [-0.1, -0.05) is 17.7 Å². The number of ether oxygens (including phenoxy) is 2. The zero-order chi connectivity index (χ0) is 23.4. The predicted molar refractivity (Wildman–Crippen MR) is 120 cm³/mol. The quantitative estimate of drug-likeness (QED) is 0.423. The van der Waals surface area contributed by atoms with Crippen LogP contribution in [0.2, 0.25) is 0 Å². The second-order valence-electron chi connectivity index (χ2n) is 7.21. The molecule has 1 N–H and O–H groups in total. The van der Waals surface area contributed by atoms with E-state index in [9.17, 15) is 17.6 Å². The second kappa shape index (κ2) is 9.29. The number of hydrogen-bond donors (Lipinski definition) is 1. The number of amides is 1. The Bertz CT molecular complexity index is 1290. The van der Waals surface area contributed by atoms with Gasteiger partial charge in [-0.25, -0.2) is 18.2 Å². The van der Waals surface area contributed by atoms with Crippen molar-refractivity contribution in [2.75, 3.05) is 17.6 Å². The minimum atomic E-state index is -4.14. The molecule has 0 saturated carbocycles. The number of nitrogens with zero attached hydrogens (tertiary/aromatic N) is 2. The number of nitrogens with one attached hydrogen (secondary N) is 1. The fraction of sp³-hybridized carbons (Fsp3) is 0.130. The van der Waals surface area contributed by atoms with Gasteiger partial charge in [-0.2, -0.15) is 5.10 Å². The average Bonchev–Trinajstić information content (AvgIpc) is 3.26. The molecule has 3 aromatic rings. The van der Waals surface area contributed by atoms with Gasteiger partial charge in [0.15, 0.2) is 11.5 Å². The lowest BCUT2D eigenvalue weighted by molar-refractivity contribution is -0.119. The van der Waals surface area contributed by atoms with Gasteiger partial charge >= 0.3 is 0 Å². The minimum absolute atomic E-state index is 0.138. The molecule has 1 aliphatic heterocycles. The van der Waals surface area contributed by atoms with Gasteiger partial charge in [0.05, 0.1) is 16.8 Å². The van der Waals surface area contributed by atoms with Crippen molar-refractivity contribution >= 4 is 27.8 Å². The summed E-state index contributed by atoms with van der Waals surface area (Å²) in [5.74, 6) is -0.0261. The zero-order valence-electron chi connectivity index (χ0n) is 17.6. The fourth-order valence-electron chi connectivity index (χ4n) is 3.10. The molecule has 1 amide bonds. The maximum absolute atomic E-state index is 13.3. The summed E-state index contributed by atoms with van der Waals surface area (Å²) < 4.78 is 51.2. The molecule has 3 aromatic carbocycles. The molecule has 0 atom stereocenters. The molecular weight excluding hydrogens is 449 g/mol. The molecule has 0 aromatic heterocycles. The van der Waals surface area contributed by atoms with Crippen LogP contribution in [-0.2, 0) is 14.8 Å². The van der Waals surface area contributed by atoms with E-state index in [0.717, 1.165) is 34.1 Å². The van der Waals surface area contributed by atoms with Crippen LogP contribution in [0, 0.1) is 12.7 Å². The van der Waals surface area contributed by atoms with Crippen LogP contribution in [0.5, 0.6) is 11.5 Å². The van der Waals surface area contributed by atoms with E-state index in [1.807, 2.05) is 6.92 Å². The highest BCUT2D eigenvalue weighted by molar-refractivity contribution is 7.92. The highest BCUT2D eigenvalue weighted by Crippen LogP contribution is 2.32. The minimum Gasteiger partial charge on any atom is -0.454 e. The molecule has 1 aliphatic rings. The van der Waals surface area contributed by atoms with Gasteiger partial charge in [-0.3, -0.25) is 9.10 Å². The number of carbonyl (C=O) groups excluding carboxylic acids is 1. The fourth-order valence-corrected chi connectivity index (χ4v) is 4.52. The van der Waals surface area contributed by atoms with Crippen LogP contribution in [0.25, 0.3) is 0 Å². The van der Waals surface area contributed by atoms with Crippen LogP contribution in [0.1, 0.15) is 11.1 Å². The number of benzene rings is 3. The summed E-state index contributed by atoms with van der Waals surface area (Å²) >= 11 is 0. The SMILES string of the molecule is Cc1ccc(N(CC(=O)N/N=C\c2ccc3c(c2)OCO3)S(=O)(=O)c2ccc(F)cc2)cc1. The molecule has 170 valence electrons. The van der Waals surface area contributed by atoms with Crippen molar-refractivity contribution in [3.8, 4) is 11.5 Å². The first kappa shape index (κ1) is 22.3. The third-order valence-electron chi connectivity index (χ3n) is 4.81. The molecule has 0 unspecified atom stereocenters. The lowest BCUT2D eigenvalue weighted by atomic mass is 10.2. The van der Waals surface area contributed by atoms with Crippen LogP contribution in [-0.4, -0.2) is 33.9 Å². The number of hydrazone groups is 1. The highest BCUT2D eigenvalue weighted by Gasteiger charge is 2.27. The Hall–Kier alpha value is -3.92. The molecule has 8 nitrogen and oxygen atoms in total. The molecule has 0 aliphatic carbocycles. The Kier molecular flexibility index (Phi) is 6.27. The number of anilines is 1. The summed E-state index contributed by atoms with van der Waals surface area (Å²) in [7, 11) is -4.14. The van der Waals surface area contributed by atoms with Crippen molar-refractivity contribution in [1.29, 1.82) is 0 Å². The maximum atomic E-state index is 13.3. The van der Waals surface area contributed by atoms with Crippen molar-refractivity contribution in [3.63, 3.8) is 0 Å². The van der Waals surface area contributed by atoms with Gasteiger partial charge in [-0.05, 0) is 67.1 Å². The molecule has 4 rings (SSSR count). The number of carbonyl (C=O) groups is 1. The van der Waals surface area contributed by atoms with Gasteiger partial charge in [-0.15, -0.1) is 0 Å². The smallest absolute Gasteiger partial charge is 0.264 e. The van der Waals surface area contributed by atoms with Gasteiger partial charge in [0, 0.05) is 0 Å². The zero-order valence-corrected chi connectivity index (χ0v) is 18.4. The van der Waals surface area contributed by atoms with E-state index in [0.29, 0.717) is 22.7 Å². The van der Waals surface area contributed by atoms with Crippen LogP contribution in [0.4, 0.5) is 10.1 Å². The lowest BCUT2D eigenvalue weighted by Gasteiger charge is -2.23. The van der Waals surface area contributed by atoms with Crippen LogP contribution >= 0.6 is 0 Å². The van der Waals surface area contributed by atoms with Gasteiger partial charge < -0.3 is 9.47 Å². The molecule has 0 spiro atoms. The van der Waals surface area contributed by atoms with Crippen molar-refractivity contribution in [1.82, 2.24) is 5.43 Å². The van der Waals surface area contributed by atoms with E-state index < -0.39 is 28.3 Å². The van der Waals surface area contributed by atoms with E-state index >= 15 is 0 Å². The number of aryl methyl sites for hydroxylation is 1. The molecule has 0 fully saturated rings. The molecule has 0 radical (unpaired) electrons. The predicted octanol–water partition coefficient (Wildman–Crippen LogP) is 3.21. The number of rotatable bonds is 7. The number of sulfonamides is 1. The van der Waals surface area contributed by atoms with Crippen molar-refractivity contribution in [3.05, 3.63) is 83.7 Å². The third kappa shape index (κ3) is 5.12. The van der Waals surface area contributed by atoms with E-state index in [4.69, 9.17) is 9.47 Å². The Morgan fingerprint density at radius 1 is 1.06 bits per heavy atom. The molecule has 33 heavy (non-hydrogen) atoms. The largest absolute Gasteiger partial charge is 0.454 e. The first-order valence-corrected chi connectivity index (χ1v) is 11.3. The average molecular weight is 469 g/mol. The normalized spacial score (nSPS) is 12.7. The molecule has 10 heteroatoms. The van der Waals surface area contributed by atoms with E-state index in [1.54, 1.807) is 42.5 Å². The van der Waals surface area contributed by atoms with E-state index in [-0.39, 0.29) is 11.7 Å². The maximum Gasteiger partial charge on any atom is 0.264 e. The summed E-state index contributed by atoms with van der Waals surface area (Å²) in [5, 5.41) is 3.90. The van der Waals surface area contributed by atoms with Crippen molar-refractivity contribution in [2.24, 2.45) is 5.10 Å². The van der Waals surface area contributed by atoms with Gasteiger partial charge in [0.1, 0.15) is 12.4 Å². The number of halogens is 1. The second-order valence-corrected chi connectivity index (χ2v) is 9.07. The third-order valence-corrected chi connectivity index (χ3v) is 6.60. The summed E-state index contributed by atoms with van der Waals surface area (Å²) in [4.78, 5) is 12.4. The Labute approximate surface area is 190 Å². The van der Waals surface area contributed by atoms with Gasteiger partial charge in [0.25, 0.3) is 15.9 Å². The Balaban J connectivity index is 1.52. The van der Waals surface area contributed by atoms with E-state index in [1.165, 1.54) is 6.21 Å². The molecular formula is C23H20FN3O5S. The Morgan fingerprint density at radius 3 is 2.48 bits per heavy atom. The lowest BCUT2D eigenvalue weighted by Crippen LogP contribution is -2.39. The van der Waals surface area contributed by atoms with Crippen molar-refractivity contribution in [2.45, 2.75) is 11.8 Å². The first-order valence-electron chi connectivity index (χ1n) is 9.89. The molecule has 0 bridgehead atoms. The molecule has 1 heterocycles. The number of hydrogen-bond acceptors (Lipinski definition) is 6. The summed E-state index contributed by atoms with van der Waals surface area (Å²) in [6.45, 7) is 1.48. The van der Waals surface area contributed by atoms with Crippen LogP contribution in [0.15, 0.2) is 76.7 Å². The van der Waals surface area contributed by atoms with Crippen LogP contribution < -0.4 is 19.2 Å². The van der Waals surface area contributed by atoms with Crippen molar-refractivity contribution < 1.29 is 27.1 Å². The standard InChI is InChI=1S/C23H20FN3O5S/c1-16-2-7-19(8-3-16)27(33(29,30)20-9-5-18(24)6-10-20)14-23(28)26-25-13-17-4-11-21-22(12-17)32-15-31-21/h2-13H,14-15H2,1H3,(H,26,28)/b25-13-. The summed E-state index contributed by atoms with van der Waals surface area (Å²) in [6.07, 6.45) is 1.41. The topological polar surface area (TPSA) is 97.3 Å². The highest BCUT2D eigenvalue weighted by atomic mass is 32.2. The van der Waals surface area contributed by atoms with Crippen LogP contribution in [0.3, 0.4) is 0 Å². The number of fused-ring (bicyclic) bond motifs is 1. The van der Waals surface area contributed by atoms with E-state index in [2.05, 4.69) is 10.5 Å². The Morgan fingerprint density at radius 2 is 1.76 bits per heavy atom. The van der Waals surface area contributed by atoms with Gasteiger partial charge in [0.2, 0.25) is 6.79 Å². The summed E-state index contributed by atoms with van der Waals surface area (Å²) in [6, 6.07) is 16.2. The first-order chi connectivity index (χ1) is 15.8.